The van der Waals surface area contributed by atoms with Crippen molar-refractivity contribution < 1.29 is 27.2 Å². The fraction of sp³-hybridized carbons (Fsp3) is 0.292. The Morgan fingerprint density at radius 2 is 1.71 bits per heavy atom. The lowest BCUT2D eigenvalue weighted by molar-refractivity contribution is -0.175. The molecule has 3 aromatic rings. The number of Topliss-reactive ketones (excluding diaryl/α,β-unsaturated/α-hetero) is 1. The number of hydrogen-bond acceptors (Lipinski definition) is 5. The van der Waals surface area contributed by atoms with E-state index in [1.165, 1.54) is 12.1 Å². The summed E-state index contributed by atoms with van der Waals surface area (Å²) in [5, 5.41) is 2.21. The molecule has 0 fully saturated rings. The summed E-state index contributed by atoms with van der Waals surface area (Å²) in [6.45, 7) is 3.52. The van der Waals surface area contributed by atoms with Crippen LogP contribution in [0, 0.1) is 11.2 Å². The standard InChI is InChI=1S/C24H19F4N3O2S/c1-22(2)11-16-19(17(32)12-22)23(24(26,27)28,20(33)31(16)14-9-7-13(25)8-10-14)30-21-29-15-5-3-4-6-18(15)34-21/h3-10H,11-12H2,1-2H3,(H,29,30)/t23-/m1/s1. The third-order valence-corrected chi connectivity index (χ3v) is 7.07. The fourth-order valence-electron chi connectivity index (χ4n) is 4.70. The van der Waals surface area contributed by atoms with Crippen LogP contribution in [0.5, 0.6) is 0 Å². The molecule has 1 aliphatic carbocycles. The van der Waals surface area contributed by atoms with Crippen molar-refractivity contribution >= 4 is 44.1 Å². The summed E-state index contributed by atoms with van der Waals surface area (Å²) in [4.78, 5) is 32.1. The van der Waals surface area contributed by atoms with Gasteiger partial charge in [0.15, 0.2) is 10.9 Å². The average Bonchev–Trinajstić information content (AvgIpc) is 3.24. The van der Waals surface area contributed by atoms with Gasteiger partial charge in [-0.15, -0.1) is 0 Å². The first-order valence-electron chi connectivity index (χ1n) is 10.5. The SMILES string of the molecule is CC1(C)CC(=O)C2=C(C1)N(c1ccc(F)cc1)C(=O)[C@@]2(Nc1nc2ccccc2s1)C(F)(F)F. The number of carbonyl (C=O) groups is 2. The Bertz CT molecular complexity index is 1330. The second-order valence-electron chi connectivity index (χ2n) is 9.24. The zero-order valence-corrected chi connectivity index (χ0v) is 19.0. The van der Waals surface area contributed by atoms with E-state index in [9.17, 15) is 27.2 Å². The number of nitrogens with one attached hydrogen (secondary N) is 1. The van der Waals surface area contributed by atoms with Crippen molar-refractivity contribution in [2.45, 2.75) is 38.4 Å². The van der Waals surface area contributed by atoms with Crippen molar-refractivity contribution in [3.8, 4) is 0 Å². The molecule has 0 unspecified atom stereocenters. The Hall–Kier alpha value is -3.27. The molecule has 1 atom stereocenters. The Morgan fingerprint density at radius 1 is 1.03 bits per heavy atom. The third kappa shape index (κ3) is 3.31. The van der Waals surface area contributed by atoms with Gasteiger partial charge in [-0.3, -0.25) is 14.5 Å². The molecular weight excluding hydrogens is 470 g/mol. The maximum Gasteiger partial charge on any atom is 0.425 e. The molecule has 0 saturated carbocycles. The molecule has 1 aromatic heterocycles. The number of anilines is 2. The number of alkyl halides is 3. The molecule has 176 valence electrons. The van der Waals surface area contributed by atoms with E-state index in [0.717, 1.165) is 28.4 Å². The Labute approximate surface area is 196 Å². The fourth-order valence-corrected chi connectivity index (χ4v) is 5.62. The van der Waals surface area contributed by atoms with E-state index in [-0.39, 0.29) is 29.4 Å². The number of fused-ring (bicyclic) bond motifs is 1. The number of halogens is 4. The van der Waals surface area contributed by atoms with Crippen LogP contribution in [-0.4, -0.2) is 28.4 Å². The van der Waals surface area contributed by atoms with Crippen molar-refractivity contribution in [2.24, 2.45) is 5.41 Å². The van der Waals surface area contributed by atoms with Crippen LogP contribution < -0.4 is 10.2 Å². The van der Waals surface area contributed by atoms with E-state index in [2.05, 4.69) is 10.3 Å². The second kappa shape index (κ2) is 7.36. The largest absolute Gasteiger partial charge is 0.425 e. The van der Waals surface area contributed by atoms with Gasteiger partial charge in [0.2, 0.25) is 5.54 Å². The number of ketones is 1. The van der Waals surface area contributed by atoms with E-state index >= 15 is 0 Å². The predicted octanol–water partition coefficient (Wildman–Crippen LogP) is 5.84. The maximum atomic E-state index is 14.9. The highest BCUT2D eigenvalue weighted by Crippen LogP contribution is 2.54. The van der Waals surface area contributed by atoms with E-state index in [4.69, 9.17) is 0 Å². The highest BCUT2D eigenvalue weighted by atomic mass is 32.1. The van der Waals surface area contributed by atoms with Crippen LogP contribution in [0.2, 0.25) is 0 Å². The van der Waals surface area contributed by atoms with E-state index in [0.29, 0.717) is 10.2 Å². The highest BCUT2D eigenvalue weighted by Gasteiger charge is 2.71. The van der Waals surface area contributed by atoms with Gasteiger partial charge in [-0.1, -0.05) is 37.3 Å². The normalized spacial score (nSPS) is 22.5. The smallest absolute Gasteiger partial charge is 0.336 e. The van der Waals surface area contributed by atoms with Crippen LogP contribution >= 0.6 is 11.3 Å². The summed E-state index contributed by atoms with van der Waals surface area (Å²) in [5.74, 6) is -2.71. The van der Waals surface area contributed by atoms with Gasteiger partial charge in [-0.25, -0.2) is 9.37 Å². The van der Waals surface area contributed by atoms with Gasteiger partial charge in [0.05, 0.1) is 15.8 Å². The summed E-state index contributed by atoms with van der Waals surface area (Å²) >= 11 is 0.964. The molecule has 1 N–H and O–H groups in total. The second-order valence-corrected chi connectivity index (χ2v) is 10.3. The van der Waals surface area contributed by atoms with Gasteiger partial charge in [-0.05, 0) is 48.2 Å². The Balaban J connectivity index is 1.74. The van der Waals surface area contributed by atoms with E-state index < -0.39 is 40.2 Å². The number of allylic oxidation sites excluding steroid dienone is 1. The molecule has 34 heavy (non-hydrogen) atoms. The molecule has 5 rings (SSSR count). The molecular formula is C24H19F4N3O2S. The molecule has 0 radical (unpaired) electrons. The first-order valence-corrected chi connectivity index (χ1v) is 11.3. The maximum absolute atomic E-state index is 14.9. The Kier molecular flexibility index (Phi) is 4.88. The zero-order chi connectivity index (χ0) is 24.5. The average molecular weight is 489 g/mol. The molecule has 2 aliphatic rings. The van der Waals surface area contributed by atoms with Crippen molar-refractivity contribution in [2.75, 3.05) is 10.2 Å². The molecule has 0 bridgehead atoms. The number of carbonyl (C=O) groups excluding carboxylic acids is 2. The summed E-state index contributed by atoms with van der Waals surface area (Å²) in [5.41, 5.74) is -4.08. The number of nitrogens with zero attached hydrogens (tertiary/aromatic N) is 2. The molecule has 5 nitrogen and oxygen atoms in total. The van der Waals surface area contributed by atoms with Crippen LogP contribution in [0.25, 0.3) is 10.2 Å². The van der Waals surface area contributed by atoms with Crippen molar-refractivity contribution in [3.63, 3.8) is 0 Å². The summed E-state index contributed by atoms with van der Waals surface area (Å²) in [7, 11) is 0. The topological polar surface area (TPSA) is 62.3 Å². The highest BCUT2D eigenvalue weighted by molar-refractivity contribution is 7.22. The monoisotopic (exact) mass is 489 g/mol. The molecule has 0 saturated heterocycles. The van der Waals surface area contributed by atoms with Crippen molar-refractivity contribution in [1.29, 1.82) is 0 Å². The molecule has 2 heterocycles. The van der Waals surface area contributed by atoms with Gasteiger partial charge in [-0.2, -0.15) is 13.2 Å². The lowest BCUT2D eigenvalue weighted by Crippen LogP contribution is -2.61. The van der Waals surface area contributed by atoms with Crippen LogP contribution in [0.15, 0.2) is 59.8 Å². The minimum absolute atomic E-state index is 0.0243. The van der Waals surface area contributed by atoms with Crippen molar-refractivity contribution in [1.82, 2.24) is 4.98 Å². The molecule has 2 aromatic carbocycles. The van der Waals surface area contributed by atoms with E-state index in [1.807, 2.05) is 0 Å². The summed E-state index contributed by atoms with van der Waals surface area (Å²) in [6.07, 6.45) is -5.24. The van der Waals surface area contributed by atoms with Crippen molar-refractivity contribution in [3.05, 3.63) is 65.6 Å². The van der Waals surface area contributed by atoms with Crippen LogP contribution in [0.3, 0.4) is 0 Å². The summed E-state index contributed by atoms with van der Waals surface area (Å²) < 4.78 is 58.9. The van der Waals surface area contributed by atoms with Crippen LogP contribution in [0.1, 0.15) is 26.7 Å². The van der Waals surface area contributed by atoms with Gasteiger partial charge in [0.1, 0.15) is 5.82 Å². The number of amides is 1. The van der Waals surface area contributed by atoms with Gasteiger partial charge in [0, 0.05) is 17.8 Å². The minimum Gasteiger partial charge on any atom is -0.336 e. The number of para-hydroxylation sites is 1. The van der Waals surface area contributed by atoms with E-state index in [1.54, 1.807) is 38.1 Å². The first-order chi connectivity index (χ1) is 15.9. The number of benzene rings is 2. The van der Waals surface area contributed by atoms with Gasteiger partial charge >= 0.3 is 6.18 Å². The third-order valence-electron chi connectivity index (χ3n) is 6.12. The summed E-state index contributed by atoms with van der Waals surface area (Å²) in [6, 6.07) is 11.4. The lowest BCUT2D eigenvalue weighted by atomic mass is 9.72. The van der Waals surface area contributed by atoms with Gasteiger partial charge < -0.3 is 5.32 Å². The van der Waals surface area contributed by atoms with Crippen LogP contribution in [-0.2, 0) is 9.59 Å². The lowest BCUT2D eigenvalue weighted by Gasteiger charge is -2.35. The first kappa shape index (κ1) is 22.5. The zero-order valence-electron chi connectivity index (χ0n) is 18.2. The molecule has 1 aliphatic heterocycles. The quantitative estimate of drug-likeness (QED) is 0.470. The minimum atomic E-state index is -5.16. The Morgan fingerprint density at radius 3 is 2.35 bits per heavy atom. The molecule has 10 heteroatoms. The number of hydrogen-bond donors (Lipinski definition) is 1. The molecule has 0 spiro atoms. The predicted molar refractivity (Wildman–Crippen MR) is 121 cm³/mol. The molecule has 1 amide bonds. The number of rotatable bonds is 3. The van der Waals surface area contributed by atoms with Crippen LogP contribution in [0.4, 0.5) is 28.4 Å². The number of thiazole rings is 1. The van der Waals surface area contributed by atoms with Gasteiger partial charge in [0.25, 0.3) is 5.91 Å². The number of aromatic nitrogens is 1.